The fraction of sp³-hybridized carbons (Fsp3) is 0.125. The van der Waals surface area contributed by atoms with E-state index in [1.807, 2.05) is 36.4 Å². The van der Waals surface area contributed by atoms with Gasteiger partial charge in [-0.05, 0) is 17.2 Å². The summed E-state index contributed by atoms with van der Waals surface area (Å²) in [5.41, 5.74) is 7.93. The molecule has 0 saturated carbocycles. The minimum atomic E-state index is -0.651. The predicted octanol–water partition coefficient (Wildman–Crippen LogP) is 2.82. The van der Waals surface area contributed by atoms with Gasteiger partial charge in [0.05, 0.1) is 0 Å². The number of rotatable bonds is 4. The van der Waals surface area contributed by atoms with Gasteiger partial charge in [0, 0.05) is 12.1 Å². The highest BCUT2D eigenvalue weighted by Crippen LogP contribution is 2.05. The molecule has 0 radical (unpaired) electrons. The molecule has 0 bridgehead atoms. The zero-order valence-electron chi connectivity index (χ0n) is 11.9. The van der Waals surface area contributed by atoms with Crippen LogP contribution < -0.4 is 11.1 Å². The van der Waals surface area contributed by atoms with Crippen LogP contribution in [0.2, 0.25) is 0 Å². The summed E-state index contributed by atoms with van der Waals surface area (Å²) in [7, 11) is 0. The molecular formula is C16H18ClN3O2. The van der Waals surface area contributed by atoms with Crippen molar-refractivity contribution in [1.29, 1.82) is 5.41 Å². The predicted molar refractivity (Wildman–Crippen MR) is 88.2 cm³/mol. The van der Waals surface area contributed by atoms with Crippen molar-refractivity contribution in [3.63, 3.8) is 0 Å². The Balaban J connectivity index is 0.00000242. The van der Waals surface area contributed by atoms with Gasteiger partial charge in [-0.2, -0.15) is 0 Å². The van der Waals surface area contributed by atoms with E-state index in [0.29, 0.717) is 12.1 Å². The zero-order valence-corrected chi connectivity index (χ0v) is 12.7. The second-order valence-electron chi connectivity index (χ2n) is 4.47. The Labute approximate surface area is 135 Å². The first-order valence-corrected chi connectivity index (χ1v) is 6.54. The van der Waals surface area contributed by atoms with Crippen molar-refractivity contribution >= 4 is 24.3 Å². The molecule has 2 rings (SSSR count). The number of nitrogens with two attached hydrogens (primary N) is 1. The lowest BCUT2D eigenvalue weighted by atomic mass is 10.1. The molecule has 2 aromatic rings. The van der Waals surface area contributed by atoms with Gasteiger partial charge in [-0.1, -0.05) is 48.5 Å². The minimum Gasteiger partial charge on any atom is -0.444 e. The third-order valence-electron chi connectivity index (χ3n) is 2.89. The van der Waals surface area contributed by atoms with Crippen LogP contribution in [0.25, 0.3) is 0 Å². The number of amidine groups is 1. The average Bonchev–Trinajstić information content (AvgIpc) is 2.54. The summed E-state index contributed by atoms with van der Waals surface area (Å²) in [6.45, 7) is 0.558. The molecule has 4 N–H and O–H groups in total. The van der Waals surface area contributed by atoms with Crippen molar-refractivity contribution in [2.24, 2.45) is 5.73 Å². The van der Waals surface area contributed by atoms with E-state index in [-0.39, 0.29) is 24.8 Å². The maximum absolute atomic E-state index is 11.7. The normalized spacial score (nSPS) is 9.50. The van der Waals surface area contributed by atoms with Crippen LogP contribution in [-0.4, -0.2) is 11.9 Å². The van der Waals surface area contributed by atoms with Gasteiger partial charge in [-0.15, -0.1) is 12.4 Å². The molecule has 2 aromatic carbocycles. The lowest BCUT2D eigenvalue weighted by Crippen LogP contribution is -2.31. The molecule has 0 atom stereocenters. The van der Waals surface area contributed by atoms with Crippen LogP contribution in [0.1, 0.15) is 16.7 Å². The van der Waals surface area contributed by atoms with Crippen molar-refractivity contribution < 1.29 is 9.53 Å². The summed E-state index contributed by atoms with van der Waals surface area (Å²) in [6, 6.07) is 16.5. The Morgan fingerprint density at radius 2 is 1.77 bits per heavy atom. The number of carbonyl (C=O) groups excluding carboxylic acids is 1. The summed E-state index contributed by atoms with van der Waals surface area (Å²) in [5.74, 6) is -0.0108. The number of hydrogen-bond donors (Lipinski definition) is 3. The molecule has 0 spiro atoms. The molecule has 0 fully saturated rings. The van der Waals surface area contributed by atoms with E-state index < -0.39 is 6.09 Å². The van der Waals surface area contributed by atoms with E-state index >= 15 is 0 Å². The summed E-state index contributed by atoms with van der Waals surface area (Å²) in [5, 5.41) is 10.3. The number of halogens is 1. The topological polar surface area (TPSA) is 88.2 Å². The van der Waals surface area contributed by atoms with Crippen molar-refractivity contribution in [3.05, 3.63) is 71.3 Å². The van der Waals surface area contributed by atoms with E-state index in [4.69, 9.17) is 15.9 Å². The maximum atomic E-state index is 11.7. The number of carbonyl (C=O) groups is 1. The first-order chi connectivity index (χ1) is 10.2. The molecule has 0 heterocycles. The minimum absolute atomic E-state index is 0. The fourth-order valence-corrected chi connectivity index (χ4v) is 1.79. The Morgan fingerprint density at radius 3 is 2.45 bits per heavy atom. The lowest BCUT2D eigenvalue weighted by molar-refractivity contribution is 0.145. The summed E-state index contributed by atoms with van der Waals surface area (Å²) in [6.07, 6.45) is -0.651. The van der Waals surface area contributed by atoms with E-state index in [2.05, 4.69) is 5.32 Å². The Kier molecular flexibility index (Phi) is 7.08. The highest BCUT2D eigenvalue weighted by molar-refractivity contribution is 6.04. The highest BCUT2D eigenvalue weighted by atomic mass is 35.5. The maximum Gasteiger partial charge on any atom is 0.413 e. The van der Waals surface area contributed by atoms with Gasteiger partial charge < -0.3 is 10.5 Å². The Morgan fingerprint density at radius 1 is 1.09 bits per heavy atom. The molecule has 0 aliphatic carbocycles. The molecule has 0 aliphatic rings. The fourth-order valence-electron chi connectivity index (χ4n) is 1.79. The molecule has 116 valence electrons. The van der Waals surface area contributed by atoms with Gasteiger partial charge in [0.2, 0.25) is 0 Å². The van der Waals surface area contributed by atoms with Crippen LogP contribution in [0.15, 0.2) is 54.6 Å². The molecule has 5 nitrogen and oxygen atoms in total. The Bertz CT molecular complexity index is 632. The monoisotopic (exact) mass is 319 g/mol. The Hall–Kier alpha value is -2.37. The molecular weight excluding hydrogens is 302 g/mol. The smallest absolute Gasteiger partial charge is 0.413 e. The van der Waals surface area contributed by atoms with Gasteiger partial charge in [-0.3, -0.25) is 10.7 Å². The first-order valence-electron chi connectivity index (χ1n) is 6.54. The van der Waals surface area contributed by atoms with Crippen LogP contribution >= 0.6 is 12.4 Å². The van der Waals surface area contributed by atoms with Crippen molar-refractivity contribution in [2.75, 3.05) is 0 Å². The van der Waals surface area contributed by atoms with Gasteiger partial charge in [0.25, 0.3) is 0 Å². The van der Waals surface area contributed by atoms with Crippen molar-refractivity contribution in [2.45, 2.75) is 13.2 Å². The number of benzene rings is 2. The third kappa shape index (κ3) is 5.20. The molecule has 0 unspecified atom stereocenters. The number of hydrogen-bond acceptors (Lipinski definition) is 4. The molecule has 0 saturated heterocycles. The number of amides is 1. The largest absolute Gasteiger partial charge is 0.444 e. The number of ether oxygens (including phenoxy) is 1. The van der Waals surface area contributed by atoms with Crippen LogP contribution in [0, 0.1) is 5.41 Å². The molecule has 22 heavy (non-hydrogen) atoms. The van der Waals surface area contributed by atoms with E-state index in [9.17, 15) is 4.79 Å². The quantitative estimate of drug-likeness (QED) is 0.598. The second-order valence-corrected chi connectivity index (χ2v) is 4.47. The molecule has 0 aromatic heterocycles. The van der Waals surface area contributed by atoms with Gasteiger partial charge in [0.15, 0.2) is 0 Å². The SMILES string of the molecule is Cl.N=C(NC(=O)OCc1ccccc1)c1cccc(CN)c1. The highest BCUT2D eigenvalue weighted by Gasteiger charge is 2.08. The summed E-state index contributed by atoms with van der Waals surface area (Å²) >= 11 is 0. The lowest BCUT2D eigenvalue weighted by Gasteiger charge is -2.09. The zero-order chi connectivity index (χ0) is 15.1. The number of alkyl carbamates (subject to hydrolysis) is 1. The van der Waals surface area contributed by atoms with E-state index in [0.717, 1.165) is 11.1 Å². The van der Waals surface area contributed by atoms with Crippen LogP contribution in [0.5, 0.6) is 0 Å². The van der Waals surface area contributed by atoms with Gasteiger partial charge >= 0.3 is 6.09 Å². The van der Waals surface area contributed by atoms with Crippen LogP contribution in [0.4, 0.5) is 4.79 Å². The average molecular weight is 320 g/mol. The summed E-state index contributed by atoms with van der Waals surface area (Å²) < 4.78 is 5.06. The van der Waals surface area contributed by atoms with Crippen molar-refractivity contribution in [1.82, 2.24) is 5.32 Å². The van der Waals surface area contributed by atoms with Crippen LogP contribution in [-0.2, 0) is 17.9 Å². The van der Waals surface area contributed by atoms with E-state index in [1.165, 1.54) is 0 Å². The van der Waals surface area contributed by atoms with E-state index in [1.54, 1.807) is 18.2 Å². The summed E-state index contributed by atoms with van der Waals surface area (Å²) in [4.78, 5) is 11.7. The molecule has 6 heteroatoms. The molecule has 0 aliphatic heterocycles. The standard InChI is InChI=1S/C16H17N3O2.ClH/c17-10-13-7-4-8-14(9-13)15(18)19-16(20)21-11-12-5-2-1-3-6-12;/h1-9H,10-11,17H2,(H2,18,19,20);1H. The molecule has 1 amide bonds. The first kappa shape index (κ1) is 17.7. The third-order valence-corrected chi connectivity index (χ3v) is 2.89. The second kappa shape index (κ2) is 8.81. The van der Waals surface area contributed by atoms with Gasteiger partial charge in [-0.25, -0.2) is 4.79 Å². The van der Waals surface area contributed by atoms with Crippen molar-refractivity contribution in [3.8, 4) is 0 Å². The number of nitrogens with one attached hydrogen (secondary N) is 2. The van der Waals surface area contributed by atoms with Gasteiger partial charge in [0.1, 0.15) is 12.4 Å². The van der Waals surface area contributed by atoms with Crippen LogP contribution in [0.3, 0.4) is 0 Å².